The van der Waals surface area contributed by atoms with Gasteiger partial charge >= 0.3 is 5.69 Å². The highest BCUT2D eigenvalue weighted by Crippen LogP contribution is 2.25. The molecule has 0 unspecified atom stereocenters. The van der Waals surface area contributed by atoms with Crippen LogP contribution in [0.4, 0.5) is 0 Å². The molecular formula is C12H17N3O4. The van der Waals surface area contributed by atoms with E-state index in [1.165, 1.54) is 23.9 Å². The summed E-state index contributed by atoms with van der Waals surface area (Å²) in [5.74, 6) is 0.0398. The summed E-state index contributed by atoms with van der Waals surface area (Å²) in [6, 6.07) is 1.25. The number of aromatic nitrogens is 2. The average Bonchev–Trinajstić information content (AvgIpc) is 2.34. The van der Waals surface area contributed by atoms with Gasteiger partial charge in [-0.2, -0.15) is 0 Å². The molecule has 1 aliphatic carbocycles. The van der Waals surface area contributed by atoms with Gasteiger partial charge < -0.3 is 10.4 Å². The van der Waals surface area contributed by atoms with Crippen LogP contribution in [0.3, 0.4) is 0 Å². The molecule has 7 heteroatoms. The van der Waals surface area contributed by atoms with E-state index in [4.69, 9.17) is 5.11 Å². The van der Waals surface area contributed by atoms with Crippen LogP contribution in [0, 0.1) is 5.92 Å². The fourth-order valence-corrected chi connectivity index (χ4v) is 2.07. The number of nitrogens with zero attached hydrogens (tertiary/aromatic N) is 2. The number of carbonyl (C=O) groups is 1. The molecule has 0 aliphatic heterocycles. The molecule has 0 saturated heterocycles. The Morgan fingerprint density at radius 2 is 2.16 bits per heavy atom. The van der Waals surface area contributed by atoms with Gasteiger partial charge in [0.1, 0.15) is 6.54 Å². The summed E-state index contributed by atoms with van der Waals surface area (Å²) in [6.07, 6.45) is 2.49. The molecule has 1 aromatic heterocycles. The zero-order chi connectivity index (χ0) is 14.0. The van der Waals surface area contributed by atoms with Crippen LogP contribution >= 0.6 is 0 Å². The fourth-order valence-electron chi connectivity index (χ4n) is 2.07. The molecule has 1 amide bonds. The third-order valence-corrected chi connectivity index (χ3v) is 3.37. The number of aliphatic hydroxyl groups excluding tert-OH is 1. The van der Waals surface area contributed by atoms with Crippen molar-refractivity contribution in [3.8, 4) is 0 Å². The second-order valence-corrected chi connectivity index (χ2v) is 4.92. The van der Waals surface area contributed by atoms with Gasteiger partial charge in [-0.05, 0) is 18.8 Å². The monoisotopic (exact) mass is 267 g/mol. The highest BCUT2D eigenvalue weighted by atomic mass is 16.3. The maximum absolute atomic E-state index is 11.7. The molecule has 104 valence electrons. The summed E-state index contributed by atoms with van der Waals surface area (Å²) in [6.45, 7) is 0.401. The number of amides is 1. The second-order valence-electron chi connectivity index (χ2n) is 4.92. The highest BCUT2D eigenvalue weighted by molar-refractivity contribution is 5.75. The van der Waals surface area contributed by atoms with Crippen LogP contribution in [0.25, 0.3) is 0 Å². The van der Waals surface area contributed by atoms with E-state index in [2.05, 4.69) is 5.32 Å². The zero-order valence-corrected chi connectivity index (χ0v) is 10.7. The number of nitrogens with one attached hydrogen (secondary N) is 1. The Morgan fingerprint density at radius 3 is 2.79 bits per heavy atom. The van der Waals surface area contributed by atoms with Crippen molar-refractivity contribution < 1.29 is 9.90 Å². The highest BCUT2D eigenvalue weighted by Gasteiger charge is 2.27. The molecule has 0 atom stereocenters. The van der Waals surface area contributed by atoms with Crippen molar-refractivity contribution in [2.45, 2.75) is 25.5 Å². The first kappa shape index (κ1) is 13.5. The third kappa shape index (κ3) is 3.11. The number of carbonyl (C=O) groups excluding carboxylic acids is 1. The van der Waals surface area contributed by atoms with Gasteiger partial charge in [0.05, 0.1) is 6.10 Å². The maximum atomic E-state index is 11.7. The van der Waals surface area contributed by atoms with E-state index < -0.39 is 11.2 Å². The van der Waals surface area contributed by atoms with Gasteiger partial charge in [-0.25, -0.2) is 4.79 Å². The Hall–Kier alpha value is -1.89. The van der Waals surface area contributed by atoms with Gasteiger partial charge in [0, 0.05) is 25.9 Å². The molecule has 7 nitrogen and oxygen atoms in total. The van der Waals surface area contributed by atoms with Crippen LogP contribution < -0.4 is 16.6 Å². The Morgan fingerprint density at radius 1 is 1.47 bits per heavy atom. The van der Waals surface area contributed by atoms with Crippen LogP contribution in [0.2, 0.25) is 0 Å². The quantitative estimate of drug-likeness (QED) is 0.689. The molecule has 19 heavy (non-hydrogen) atoms. The number of hydrogen-bond acceptors (Lipinski definition) is 4. The van der Waals surface area contributed by atoms with E-state index >= 15 is 0 Å². The molecule has 0 aromatic carbocycles. The van der Waals surface area contributed by atoms with Crippen molar-refractivity contribution in [3.05, 3.63) is 33.1 Å². The van der Waals surface area contributed by atoms with Crippen LogP contribution in [0.15, 0.2) is 21.9 Å². The average molecular weight is 267 g/mol. The summed E-state index contributed by atoms with van der Waals surface area (Å²) in [5, 5.41) is 11.8. The summed E-state index contributed by atoms with van der Waals surface area (Å²) in [5.41, 5.74) is -0.910. The SMILES string of the molecule is Cn1c(=O)ccn(CC(=O)NCC2CC(O)C2)c1=O. The van der Waals surface area contributed by atoms with Crippen LogP contribution in [-0.2, 0) is 18.4 Å². The van der Waals surface area contributed by atoms with E-state index in [9.17, 15) is 14.4 Å². The fraction of sp³-hybridized carbons (Fsp3) is 0.583. The van der Waals surface area contributed by atoms with Crippen molar-refractivity contribution in [2.75, 3.05) is 6.54 Å². The topological polar surface area (TPSA) is 93.3 Å². The molecule has 1 fully saturated rings. The Balaban J connectivity index is 1.90. The van der Waals surface area contributed by atoms with E-state index in [0.717, 1.165) is 4.57 Å². The van der Waals surface area contributed by atoms with Gasteiger partial charge in [0.25, 0.3) is 5.56 Å². The first-order chi connectivity index (χ1) is 8.97. The zero-order valence-electron chi connectivity index (χ0n) is 10.7. The standard InChI is InChI=1S/C12H17N3O4/c1-14-11(18)2-3-15(12(14)19)7-10(17)13-6-8-4-9(16)5-8/h2-3,8-9,16H,4-7H2,1H3,(H,13,17). The van der Waals surface area contributed by atoms with Crippen molar-refractivity contribution in [3.63, 3.8) is 0 Å². The number of aliphatic hydroxyl groups is 1. The minimum Gasteiger partial charge on any atom is -0.393 e. The molecule has 2 rings (SSSR count). The molecule has 1 aliphatic rings. The lowest BCUT2D eigenvalue weighted by Gasteiger charge is -2.31. The lowest BCUT2D eigenvalue weighted by molar-refractivity contribution is -0.122. The molecule has 1 aromatic rings. The van der Waals surface area contributed by atoms with Crippen LogP contribution in [-0.4, -0.2) is 32.8 Å². The summed E-state index contributed by atoms with van der Waals surface area (Å²) in [7, 11) is 1.37. The van der Waals surface area contributed by atoms with Crippen molar-refractivity contribution in [1.82, 2.24) is 14.5 Å². The lowest BCUT2D eigenvalue weighted by Crippen LogP contribution is -2.42. The largest absolute Gasteiger partial charge is 0.393 e. The molecule has 0 bridgehead atoms. The first-order valence-electron chi connectivity index (χ1n) is 6.18. The predicted molar refractivity (Wildman–Crippen MR) is 67.7 cm³/mol. The van der Waals surface area contributed by atoms with Gasteiger partial charge in [0.2, 0.25) is 5.91 Å². The van der Waals surface area contributed by atoms with E-state index in [0.29, 0.717) is 25.3 Å². The van der Waals surface area contributed by atoms with Gasteiger partial charge in [-0.3, -0.25) is 18.7 Å². The lowest BCUT2D eigenvalue weighted by atomic mass is 9.82. The molecule has 1 heterocycles. The number of rotatable bonds is 4. The summed E-state index contributed by atoms with van der Waals surface area (Å²) < 4.78 is 2.14. The van der Waals surface area contributed by atoms with Crippen molar-refractivity contribution >= 4 is 5.91 Å². The predicted octanol–water partition coefficient (Wildman–Crippen LogP) is -1.57. The first-order valence-corrected chi connectivity index (χ1v) is 6.18. The summed E-state index contributed by atoms with van der Waals surface area (Å²) >= 11 is 0. The summed E-state index contributed by atoms with van der Waals surface area (Å²) in [4.78, 5) is 34.5. The van der Waals surface area contributed by atoms with Crippen molar-refractivity contribution in [1.29, 1.82) is 0 Å². The van der Waals surface area contributed by atoms with Crippen molar-refractivity contribution in [2.24, 2.45) is 13.0 Å². The normalized spacial score (nSPS) is 21.8. The maximum Gasteiger partial charge on any atom is 0.331 e. The Bertz CT molecular complexity index is 583. The van der Waals surface area contributed by atoms with Gasteiger partial charge in [0.15, 0.2) is 0 Å². The number of hydrogen-bond donors (Lipinski definition) is 2. The van der Waals surface area contributed by atoms with Crippen LogP contribution in [0.1, 0.15) is 12.8 Å². The van der Waals surface area contributed by atoms with Gasteiger partial charge in [-0.15, -0.1) is 0 Å². The molecular weight excluding hydrogens is 250 g/mol. The van der Waals surface area contributed by atoms with E-state index in [1.807, 2.05) is 0 Å². The van der Waals surface area contributed by atoms with E-state index in [-0.39, 0.29) is 18.6 Å². The third-order valence-electron chi connectivity index (χ3n) is 3.37. The van der Waals surface area contributed by atoms with E-state index in [1.54, 1.807) is 0 Å². The molecule has 1 saturated carbocycles. The smallest absolute Gasteiger partial charge is 0.331 e. The minimum atomic E-state index is -0.512. The molecule has 2 N–H and O–H groups in total. The Labute approximate surface area is 109 Å². The molecule has 0 radical (unpaired) electrons. The minimum absolute atomic E-state index is 0.109. The van der Waals surface area contributed by atoms with Crippen LogP contribution in [0.5, 0.6) is 0 Å². The Kier molecular flexibility index (Phi) is 3.84. The molecule has 0 spiro atoms. The van der Waals surface area contributed by atoms with Gasteiger partial charge in [-0.1, -0.05) is 0 Å². The second kappa shape index (κ2) is 5.40.